The fraction of sp³-hybridized carbons (Fsp3) is 0.227. The van der Waals surface area contributed by atoms with Crippen molar-refractivity contribution in [2.24, 2.45) is 5.92 Å². The monoisotopic (exact) mass is 516 g/mol. The minimum absolute atomic E-state index is 0. The van der Waals surface area contributed by atoms with Gasteiger partial charge in [-0.3, -0.25) is 9.36 Å². The number of anilines is 2. The smallest absolute Gasteiger partial charge is 0.285 e. The van der Waals surface area contributed by atoms with E-state index in [1.807, 2.05) is 11.8 Å². The van der Waals surface area contributed by atoms with Gasteiger partial charge in [0.25, 0.3) is 5.56 Å². The number of nitrogen functional groups attached to an aromatic ring is 1. The number of benzene rings is 1. The van der Waals surface area contributed by atoms with E-state index in [1.54, 1.807) is 6.92 Å². The lowest BCUT2D eigenvalue weighted by Crippen LogP contribution is -2.52. The third kappa shape index (κ3) is 4.08. The summed E-state index contributed by atoms with van der Waals surface area (Å²) in [6.45, 7) is 4.15. The molecule has 4 heterocycles. The standard InChI is InChI=1S/C22H18F2N8O.2H2S/c1-11-10-30(19-15(9-25)12(2)27-22(26)28-19)17(11)20-29-31-8-7-16(24)18(31)21(33)32(20)14-5-3-13(23)4-6-14;;/h3-8,11,17H,10H2,1-2H3,(H2,26,27,28);2*1H2/t11-,17-;;/m0../s1. The Morgan fingerprint density at radius 2 is 1.83 bits per heavy atom. The first kappa shape index (κ1) is 26.0. The normalized spacial score (nSPS) is 16.7. The highest BCUT2D eigenvalue weighted by molar-refractivity contribution is 7.59. The van der Waals surface area contributed by atoms with Gasteiger partial charge in [0.1, 0.15) is 17.4 Å². The molecular weight excluding hydrogens is 494 g/mol. The molecule has 9 nitrogen and oxygen atoms in total. The third-order valence-electron chi connectivity index (χ3n) is 5.84. The summed E-state index contributed by atoms with van der Waals surface area (Å²) in [5.41, 5.74) is 6.03. The Hall–Kier alpha value is -3.63. The average molecular weight is 517 g/mol. The van der Waals surface area contributed by atoms with Gasteiger partial charge in [0.05, 0.1) is 17.4 Å². The van der Waals surface area contributed by atoms with Crippen molar-refractivity contribution < 1.29 is 8.78 Å². The second-order valence-corrected chi connectivity index (χ2v) is 7.98. The highest BCUT2D eigenvalue weighted by Crippen LogP contribution is 2.42. The van der Waals surface area contributed by atoms with Crippen molar-refractivity contribution in [3.8, 4) is 11.8 Å². The predicted molar refractivity (Wildman–Crippen MR) is 137 cm³/mol. The van der Waals surface area contributed by atoms with Gasteiger partial charge in [-0.1, -0.05) is 6.92 Å². The van der Waals surface area contributed by atoms with E-state index in [1.165, 1.54) is 39.5 Å². The van der Waals surface area contributed by atoms with Crippen LogP contribution < -0.4 is 16.2 Å². The van der Waals surface area contributed by atoms with Crippen LogP contribution in [-0.4, -0.2) is 30.7 Å². The molecule has 2 N–H and O–H groups in total. The lowest BCUT2D eigenvalue weighted by molar-refractivity contribution is 0.300. The highest BCUT2D eigenvalue weighted by Gasteiger charge is 2.43. The van der Waals surface area contributed by atoms with Gasteiger partial charge in [-0.2, -0.15) is 42.3 Å². The number of hydrogen-bond donors (Lipinski definition) is 1. The maximum absolute atomic E-state index is 14.4. The van der Waals surface area contributed by atoms with Crippen LogP contribution in [0.2, 0.25) is 0 Å². The highest BCUT2D eigenvalue weighted by atomic mass is 32.1. The molecule has 0 amide bonds. The number of aryl methyl sites for hydroxylation is 1. The van der Waals surface area contributed by atoms with E-state index in [0.29, 0.717) is 29.6 Å². The number of hydrogen-bond acceptors (Lipinski definition) is 7. The Morgan fingerprint density at radius 1 is 1.14 bits per heavy atom. The Labute approximate surface area is 212 Å². The van der Waals surface area contributed by atoms with Gasteiger partial charge in [0.2, 0.25) is 5.95 Å². The molecule has 13 heteroatoms. The van der Waals surface area contributed by atoms with Crippen LogP contribution in [-0.2, 0) is 0 Å². The topological polar surface area (TPSA) is 118 Å². The summed E-state index contributed by atoms with van der Waals surface area (Å²) in [4.78, 5) is 23.6. The molecule has 0 spiro atoms. The molecule has 3 aromatic heterocycles. The molecule has 0 saturated carbocycles. The molecule has 0 bridgehead atoms. The van der Waals surface area contributed by atoms with E-state index in [-0.39, 0.29) is 49.9 Å². The number of nitrogens with two attached hydrogens (primary N) is 1. The first-order chi connectivity index (χ1) is 15.8. The van der Waals surface area contributed by atoms with Crippen molar-refractivity contribution in [2.45, 2.75) is 19.9 Å². The molecule has 2 atom stereocenters. The molecule has 4 aromatic rings. The maximum Gasteiger partial charge on any atom is 0.285 e. The molecule has 1 aromatic carbocycles. The number of aromatic nitrogens is 5. The van der Waals surface area contributed by atoms with E-state index in [2.05, 4.69) is 21.1 Å². The van der Waals surface area contributed by atoms with Crippen LogP contribution >= 0.6 is 27.0 Å². The molecule has 1 fully saturated rings. The second kappa shape index (κ2) is 9.55. The van der Waals surface area contributed by atoms with Crippen molar-refractivity contribution >= 4 is 44.3 Å². The van der Waals surface area contributed by atoms with Crippen molar-refractivity contribution in [3.05, 3.63) is 75.6 Å². The van der Waals surface area contributed by atoms with Crippen LogP contribution in [0.25, 0.3) is 11.2 Å². The summed E-state index contributed by atoms with van der Waals surface area (Å²) in [5, 5.41) is 14.2. The summed E-state index contributed by atoms with van der Waals surface area (Å²) in [6.07, 6.45) is 1.37. The van der Waals surface area contributed by atoms with E-state index in [4.69, 9.17) is 5.73 Å². The van der Waals surface area contributed by atoms with Crippen molar-refractivity contribution in [1.82, 2.24) is 24.1 Å². The Kier molecular flexibility index (Phi) is 7.09. The van der Waals surface area contributed by atoms with E-state index < -0.39 is 23.2 Å². The number of nitriles is 1. The number of nitrogens with zero attached hydrogens (tertiary/aromatic N) is 7. The van der Waals surface area contributed by atoms with Crippen LogP contribution in [0, 0.1) is 35.8 Å². The van der Waals surface area contributed by atoms with E-state index in [0.717, 1.165) is 6.07 Å². The zero-order chi connectivity index (χ0) is 23.4. The van der Waals surface area contributed by atoms with Gasteiger partial charge in [-0.05, 0) is 37.3 Å². The quantitative estimate of drug-likeness (QED) is 0.445. The first-order valence-corrected chi connectivity index (χ1v) is 10.2. The van der Waals surface area contributed by atoms with Crippen molar-refractivity contribution in [1.29, 1.82) is 5.26 Å². The predicted octanol–water partition coefficient (Wildman–Crippen LogP) is 2.74. The third-order valence-corrected chi connectivity index (χ3v) is 5.84. The molecule has 182 valence electrons. The van der Waals surface area contributed by atoms with Gasteiger partial charge in [-0.25, -0.2) is 18.3 Å². The largest absolute Gasteiger partial charge is 0.368 e. The van der Waals surface area contributed by atoms with E-state index in [9.17, 15) is 18.8 Å². The van der Waals surface area contributed by atoms with Gasteiger partial charge in [0.15, 0.2) is 23.0 Å². The summed E-state index contributed by atoms with van der Waals surface area (Å²) in [5.74, 6) is -0.521. The van der Waals surface area contributed by atoms with Gasteiger partial charge < -0.3 is 10.6 Å². The summed E-state index contributed by atoms with van der Waals surface area (Å²) in [7, 11) is 0. The lowest BCUT2D eigenvalue weighted by Gasteiger charge is -2.47. The van der Waals surface area contributed by atoms with Crippen LogP contribution in [0.15, 0.2) is 41.3 Å². The SMILES string of the molecule is Cc1nc(N)nc(N2C[C@H](C)[C@H]2c2nn3ccc(F)c3c(=O)n2-c2ccc(F)cc2)c1C#N.S.S. The Morgan fingerprint density at radius 3 is 2.46 bits per heavy atom. The minimum atomic E-state index is -0.709. The summed E-state index contributed by atoms with van der Waals surface area (Å²) >= 11 is 0. The molecule has 35 heavy (non-hydrogen) atoms. The average Bonchev–Trinajstić information content (AvgIpc) is 3.13. The molecule has 1 saturated heterocycles. The van der Waals surface area contributed by atoms with Gasteiger partial charge in [0, 0.05) is 18.7 Å². The van der Waals surface area contributed by atoms with Crippen molar-refractivity contribution in [3.63, 3.8) is 0 Å². The molecule has 0 radical (unpaired) electrons. The second-order valence-electron chi connectivity index (χ2n) is 7.98. The lowest BCUT2D eigenvalue weighted by atomic mass is 9.88. The fourth-order valence-electron chi connectivity index (χ4n) is 4.30. The zero-order valence-corrected chi connectivity index (χ0v) is 20.7. The number of halogens is 2. The molecule has 1 aliphatic rings. The van der Waals surface area contributed by atoms with E-state index >= 15 is 0 Å². The van der Waals surface area contributed by atoms with Gasteiger partial charge >= 0.3 is 0 Å². The summed E-state index contributed by atoms with van der Waals surface area (Å²) in [6, 6.07) is 8.08. The zero-order valence-electron chi connectivity index (χ0n) is 18.7. The van der Waals surface area contributed by atoms with Crippen molar-refractivity contribution in [2.75, 3.05) is 17.2 Å². The first-order valence-electron chi connectivity index (χ1n) is 10.2. The molecular formula is C22H22F2N8OS2. The molecule has 5 rings (SSSR count). The Balaban J connectivity index is 0.00000171. The van der Waals surface area contributed by atoms with Crippen LogP contribution in [0.4, 0.5) is 20.5 Å². The Bertz CT molecular complexity index is 1510. The molecule has 0 aliphatic carbocycles. The minimum Gasteiger partial charge on any atom is -0.368 e. The molecule has 0 unspecified atom stereocenters. The fourth-order valence-corrected chi connectivity index (χ4v) is 4.30. The summed E-state index contributed by atoms with van der Waals surface area (Å²) < 4.78 is 30.4. The number of rotatable bonds is 3. The maximum atomic E-state index is 14.4. The van der Waals surface area contributed by atoms with Crippen LogP contribution in [0.3, 0.4) is 0 Å². The molecule has 1 aliphatic heterocycles. The van der Waals surface area contributed by atoms with Gasteiger partial charge in [-0.15, -0.1) is 0 Å². The van der Waals surface area contributed by atoms with Crippen LogP contribution in [0.5, 0.6) is 0 Å². The number of fused-ring (bicyclic) bond motifs is 1. The van der Waals surface area contributed by atoms with Crippen LogP contribution in [0.1, 0.15) is 30.0 Å².